The van der Waals surface area contributed by atoms with Crippen LogP contribution in [0.5, 0.6) is 17.2 Å². The number of benzene rings is 2. The van der Waals surface area contributed by atoms with Crippen LogP contribution < -0.4 is 4.74 Å². The maximum absolute atomic E-state index is 11.8. The zero-order chi connectivity index (χ0) is 14.0. The number of ether oxygens (including phenoxy) is 1. The number of carbonyl (C=O) groups is 1. The van der Waals surface area contributed by atoms with Crippen LogP contribution in [0.3, 0.4) is 0 Å². The smallest absolute Gasteiger partial charge is 0.324 e. The Labute approximate surface area is 124 Å². The zero-order valence-corrected chi connectivity index (χ0v) is 12.4. The number of aromatic hydroxyl groups is 2. The van der Waals surface area contributed by atoms with Gasteiger partial charge in [0, 0.05) is 5.39 Å². The average Bonchev–Trinajstić information content (AvgIpc) is 2.41. The minimum atomic E-state index is -0.363. The maximum atomic E-state index is 11.8. The van der Waals surface area contributed by atoms with Crippen LogP contribution in [0.4, 0.5) is 0 Å². The van der Waals surface area contributed by atoms with Gasteiger partial charge in [0.1, 0.15) is 21.2 Å². The lowest BCUT2D eigenvalue weighted by atomic mass is 10.1. The second kappa shape index (κ2) is 5.64. The van der Waals surface area contributed by atoms with Crippen molar-refractivity contribution in [1.82, 2.24) is 0 Å². The maximum Gasteiger partial charge on any atom is 0.324 e. The fourth-order valence-electron chi connectivity index (χ4n) is 1.76. The van der Waals surface area contributed by atoms with Crippen LogP contribution >= 0.6 is 22.6 Å². The standard InChI is InChI=1S/C14H13IO4/c1-2-9(15)14(18)19-12-7-6-10(16)8-4-3-5-11(17)13(8)12/h3-7,9,16-17H,2H2,1H3. The van der Waals surface area contributed by atoms with Crippen molar-refractivity contribution in [2.45, 2.75) is 17.3 Å². The number of rotatable bonds is 3. The number of fused-ring (bicyclic) bond motifs is 1. The second-order valence-corrected chi connectivity index (χ2v) is 5.58. The molecule has 2 N–H and O–H groups in total. The first-order valence-corrected chi connectivity index (χ1v) is 7.08. The van der Waals surface area contributed by atoms with Gasteiger partial charge in [-0.2, -0.15) is 0 Å². The Bertz CT molecular complexity index is 624. The molecule has 0 radical (unpaired) electrons. The van der Waals surface area contributed by atoms with E-state index < -0.39 is 0 Å². The summed E-state index contributed by atoms with van der Waals surface area (Å²) in [5.74, 6) is -0.103. The number of hydrogen-bond acceptors (Lipinski definition) is 4. The van der Waals surface area contributed by atoms with Crippen molar-refractivity contribution in [3.63, 3.8) is 0 Å². The molecule has 2 aromatic rings. The van der Waals surface area contributed by atoms with Crippen molar-refractivity contribution in [2.24, 2.45) is 0 Å². The number of phenols is 2. The van der Waals surface area contributed by atoms with Crippen LogP contribution in [0.2, 0.25) is 0 Å². The first-order chi connectivity index (χ1) is 9.04. The molecule has 4 nitrogen and oxygen atoms in total. The first kappa shape index (κ1) is 13.9. The monoisotopic (exact) mass is 372 g/mol. The van der Waals surface area contributed by atoms with Crippen molar-refractivity contribution in [3.05, 3.63) is 30.3 Å². The van der Waals surface area contributed by atoms with E-state index in [2.05, 4.69) is 0 Å². The predicted octanol–water partition coefficient (Wildman–Crippen LogP) is 3.37. The number of hydrogen-bond donors (Lipinski definition) is 2. The highest BCUT2D eigenvalue weighted by Crippen LogP contribution is 2.38. The van der Waals surface area contributed by atoms with E-state index in [4.69, 9.17) is 4.74 Å². The molecule has 0 aromatic heterocycles. The molecule has 2 rings (SSSR count). The first-order valence-electron chi connectivity index (χ1n) is 5.84. The Morgan fingerprint density at radius 3 is 2.68 bits per heavy atom. The summed E-state index contributed by atoms with van der Waals surface area (Å²) in [6.45, 7) is 1.89. The molecular formula is C14H13IO4. The molecule has 0 aliphatic carbocycles. The molecule has 0 saturated heterocycles. The molecule has 19 heavy (non-hydrogen) atoms. The summed E-state index contributed by atoms with van der Waals surface area (Å²) >= 11 is 2.01. The van der Waals surface area contributed by atoms with E-state index in [0.717, 1.165) is 0 Å². The average molecular weight is 372 g/mol. The molecule has 1 unspecified atom stereocenters. The fourth-order valence-corrected chi connectivity index (χ4v) is 1.89. The van der Waals surface area contributed by atoms with Gasteiger partial charge in [-0.1, -0.05) is 41.6 Å². The van der Waals surface area contributed by atoms with E-state index in [-0.39, 0.29) is 27.1 Å². The molecule has 5 heteroatoms. The molecule has 0 bridgehead atoms. The Morgan fingerprint density at radius 1 is 1.26 bits per heavy atom. The molecular weight excluding hydrogens is 359 g/mol. The number of alkyl halides is 1. The Hall–Kier alpha value is -1.50. The van der Waals surface area contributed by atoms with Crippen molar-refractivity contribution in [1.29, 1.82) is 0 Å². The molecule has 0 spiro atoms. The van der Waals surface area contributed by atoms with Crippen molar-refractivity contribution in [2.75, 3.05) is 0 Å². The van der Waals surface area contributed by atoms with Gasteiger partial charge in [0.25, 0.3) is 0 Å². The van der Waals surface area contributed by atoms with E-state index in [1.165, 1.54) is 18.2 Å². The van der Waals surface area contributed by atoms with E-state index in [0.29, 0.717) is 17.2 Å². The lowest BCUT2D eigenvalue weighted by Gasteiger charge is -2.12. The van der Waals surface area contributed by atoms with E-state index in [1.54, 1.807) is 12.1 Å². The van der Waals surface area contributed by atoms with Crippen LogP contribution in [-0.2, 0) is 4.79 Å². The molecule has 100 valence electrons. The topological polar surface area (TPSA) is 66.8 Å². The number of esters is 1. The third-order valence-electron chi connectivity index (χ3n) is 2.78. The summed E-state index contributed by atoms with van der Waals surface area (Å²) in [6, 6.07) is 7.69. The van der Waals surface area contributed by atoms with Crippen molar-refractivity contribution in [3.8, 4) is 17.2 Å². The van der Waals surface area contributed by atoms with Crippen LogP contribution in [0.15, 0.2) is 30.3 Å². The summed E-state index contributed by atoms with van der Waals surface area (Å²) in [5.41, 5.74) is 0. The third-order valence-corrected chi connectivity index (χ3v) is 4.17. The fraction of sp³-hybridized carbons (Fsp3) is 0.214. The van der Waals surface area contributed by atoms with Crippen LogP contribution in [0.1, 0.15) is 13.3 Å². The quantitative estimate of drug-likeness (QED) is 0.375. The normalized spacial score (nSPS) is 12.3. The Balaban J connectivity index is 2.50. The molecule has 0 aliphatic rings. The summed E-state index contributed by atoms with van der Waals surface area (Å²) in [6.07, 6.45) is 0.668. The highest BCUT2D eigenvalue weighted by molar-refractivity contribution is 14.1. The molecule has 0 saturated carbocycles. The minimum absolute atomic E-state index is 0.0299. The van der Waals surface area contributed by atoms with E-state index in [9.17, 15) is 15.0 Å². The number of halogens is 1. The zero-order valence-electron chi connectivity index (χ0n) is 10.3. The summed E-state index contributed by atoms with van der Waals surface area (Å²) in [7, 11) is 0. The third kappa shape index (κ3) is 2.75. The van der Waals surface area contributed by atoms with Gasteiger partial charge >= 0.3 is 5.97 Å². The van der Waals surface area contributed by atoms with Crippen molar-refractivity contribution >= 4 is 39.3 Å². The Kier molecular flexibility index (Phi) is 4.14. The predicted molar refractivity (Wildman–Crippen MR) is 81.0 cm³/mol. The molecule has 0 heterocycles. The van der Waals surface area contributed by atoms with Crippen molar-refractivity contribution < 1.29 is 19.7 Å². The molecule has 2 aromatic carbocycles. The highest BCUT2D eigenvalue weighted by atomic mass is 127. The number of phenolic OH excluding ortho intramolecular Hbond substituents is 2. The Morgan fingerprint density at radius 2 is 2.00 bits per heavy atom. The molecule has 0 fully saturated rings. The highest BCUT2D eigenvalue weighted by Gasteiger charge is 2.18. The van der Waals surface area contributed by atoms with E-state index in [1.807, 2.05) is 29.5 Å². The van der Waals surface area contributed by atoms with Gasteiger partial charge in [-0.05, 0) is 24.6 Å². The van der Waals surface area contributed by atoms with E-state index >= 15 is 0 Å². The second-order valence-electron chi connectivity index (χ2n) is 4.08. The minimum Gasteiger partial charge on any atom is -0.507 e. The van der Waals surface area contributed by atoms with Crippen LogP contribution in [0, 0.1) is 0 Å². The lowest BCUT2D eigenvalue weighted by molar-refractivity contribution is -0.133. The molecule has 0 aliphatic heterocycles. The summed E-state index contributed by atoms with van der Waals surface area (Å²) in [4.78, 5) is 11.8. The van der Waals surface area contributed by atoms with Gasteiger partial charge in [-0.3, -0.25) is 4.79 Å². The van der Waals surface area contributed by atoms with Gasteiger partial charge in [0.15, 0.2) is 0 Å². The van der Waals surface area contributed by atoms with Gasteiger partial charge < -0.3 is 14.9 Å². The van der Waals surface area contributed by atoms with Gasteiger partial charge in [0.05, 0.1) is 5.39 Å². The van der Waals surface area contributed by atoms with Gasteiger partial charge in [-0.25, -0.2) is 0 Å². The summed E-state index contributed by atoms with van der Waals surface area (Å²) < 4.78 is 5.06. The largest absolute Gasteiger partial charge is 0.507 e. The summed E-state index contributed by atoms with van der Waals surface area (Å²) in [5, 5.41) is 20.4. The lowest BCUT2D eigenvalue weighted by Crippen LogP contribution is -2.19. The number of carbonyl (C=O) groups excluding carboxylic acids is 1. The van der Waals surface area contributed by atoms with Gasteiger partial charge in [0.2, 0.25) is 0 Å². The molecule has 1 atom stereocenters. The van der Waals surface area contributed by atoms with Gasteiger partial charge in [-0.15, -0.1) is 0 Å². The SMILES string of the molecule is CCC(I)C(=O)Oc1ccc(O)c2cccc(O)c12. The molecule has 0 amide bonds. The van der Waals surface area contributed by atoms with Crippen LogP contribution in [-0.4, -0.2) is 20.1 Å². The van der Waals surface area contributed by atoms with Crippen LogP contribution in [0.25, 0.3) is 10.8 Å².